The SMILES string of the molecule is C[C@]1(C(=O)NC(=O)[C@@]2(C)CCC[C@]3(C)c4cc(NC(=O)CN)ccc4CC[C@@H]23)CCC[C@]2(C)c3cc(O)ccc3CC[C@@H]12. The topological polar surface area (TPSA) is 122 Å². The van der Waals surface area contributed by atoms with Gasteiger partial charge in [-0.15, -0.1) is 0 Å². The van der Waals surface area contributed by atoms with Crippen LogP contribution in [-0.2, 0) is 38.1 Å². The fraction of sp³-hybridized carbons (Fsp3) is 0.583. The number of nitrogens with two attached hydrogens (primary N) is 1. The quantitative estimate of drug-likeness (QED) is 0.346. The molecule has 7 nitrogen and oxygen atoms in total. The minimum Gasteiger partial charge on any atom is -0.508 e. The second kappa shape index (κ2) is 10.5. The Morgan fingerprint density at radius 1 is 0.791 bits per heavy atom. The number of carbonyl (C=O) groups excluding carboxylic acids is 3. The van der Waals surface area contributed by atoms with E-state index in [1.807, 2.05) is 18.2 Å². The van der Waals surface area contributed by atoms with Gasteiger partial charge in [-0.25, -0.2) is 0 Å². The van der Waals surface area contributed by atoms with Gasteiger partial charge in [0.2, 0.25) is 17.7 Å². The van der Waals surface area contributed by atoms with Crippen LogP contribution in [0.5, 0.6) is 5.75 Å². The lowest BCUT2D eigenvalue weighted by Gasteiger charge is -2.56. The van der Waals surface area contributed by atoms with Gasteiger partial charge >= 0.3 is 0 Å². The van der Waals surface area contributed by atoms with Gasteiger partial charge in [0.25, 0.3) is 0 Å². The average Bonchev–Trinajstić information content (AvgIpc) is 2.97. The number of aryl methyl sites for hydroxylation is 2. The largest absolute Gasteiger partial charge is 0.508 e. The number of benzene rings is 2. The van der Waals surface area contributed by atoms with E-state index in [2.05, 4.69) is 50.5 Å². The predicted octanol–water partition coefficient (Wildman–Crippen LogP) is 5.65. The minimum absolute atomic E-state index is 0.0723. The molecule has 0 bridgehead atoms. The van der Waals surface area contributed by atoms with Gasteiger partial charge in [0.05, 0.1) is 17.4 Å². The summed E-state index contributed by atoms with van der Waals surface area (Å²) in [6.45, 7) is 8.57. The molecule has 0 aromatic heterocycles. The fourth-order valence-electron chi connectivity index (χ4n) is 10.1. The van der Waals surface area contributed by atoms with Crippen LogP contribution in [0.2, 0.25) is 0 Å². The van der Waals surface area contributed by atoms with Crippen LogP contribution in [0.3, 0.4) is 0 Å². The second-order valence-corrected chi connectivity index (χ2v) is 14.8. The predicted molar refractivity (Wildman–Crippen MR) is 168 cm³/mol. The number of rotatable bonds is 4. The Kier molecular flexibility index (Phi) is 7.27. The minimum atomic E-state index is -0.684. The third-order valence-corrected chi connectivity index (χ3v) is 12.4. The molecule has 0 radical (unpaired) electrons. The van der Waals surface area contributed by atoms with Crippen LogP contribution in [0.15, 0.2) is 36.4 Å². The van der Waals surface area contributed by atoms with Crippen LogP contribution in [0.4, 0.5) is 5.69 Å². The Labute approximate surface area is 255 Å². The summed E-state index contributed by atoms with van der Waals surface area (Å²) in [5.41, 5.74) is 9.33. The molecule has 5 N–H and O–H groups in total. The summed E-state index contributed by atoms with van der Waals surface area (Å²) in [6, 6.07) is 11.8. The van der Waals surface area contributed by atoms with E-state index in [-0.39, 0.29) is 52.7 Å². The van der Waals surface area contributed by atoms with E-state index in [1.54, 1.807) is 6.07 Å². The van der Waals surface area contributed by atoms with E-state index in [4.69, 9.17) is 5.73 Å². The van der Waals surface area contributed by atoms with E-state index < -0.39 is 10.8 Å². The van der Waals surface area contributed by atoms with Crippen molar-refractivity contribution in [3.63, 3.8) is 0 Å². The maximum absolute atomic E-state index is 14.3. The molecular weight excluding hydrogens is 538 g/mol. The van der Waals surface area contributed by atoms with E-state index in [1.165, 1.54) is 16.7 Å². The summed E-state index contributed by atoms with van der Waals surface area (Å²) in [5, 5.41) is 16.2. The van der Waals surface area contributed by atoms with Crippen LogP contribution < -0.4 is 16.4 Å². The summed E-state index contributed by atoms with van der Waals surface area (Å²) in [5.74, 6) is -0.0917. The number of amides is 3. The van der Waals surface area contributed by atoms with Crippen molar-refractivity contribution in [2.75, 3.05) is 11.9 Å². The van der Waals surface area contributed by atoms with Crippen molar-refractivity contribution in [1.29, 1.82) is 0 Å². The summed E-state index contributed by atoms with van der Waals surface area (Å²) >= 11 is 0. The van der Waals surface area contributed by atoms with Gasteiger partial charge in [-0.1, -0.05) is 52.7 Å². The Hall–Kier alpha value is -3.19. The molecule has 0 aliphatic heterocycles. The molecule has 6 rings (SSSR count). The van der Waals surface area contributed by atoms with Crippen molar-refractivity contribution in [3.05, 3.63) is 58.7 Å². The highest BCUT2D eigenvalue weighted by Gasteiger charge is 2.58. The Bertz CT molecular complexity index is 1490. The highest BCUT2D eigenvalue weighted by atomic mass is 16.3. The lowest BCUT2D eigenvalue weighted by Crippen LogP contribution is -2.60. The first-order chi connectivity index (χ1) is 20.3. The Balaban J connectivity index is 1.26. The fourth-order valence-corrected chi connectivity index (χ4v) is 10.1. The number of hydrogen-bond acceptors (Lipinski definition) is 5. The van der Waals surface area contributed by atoms with E-state index in [0.29, 0.717) is 0 Å². The molecule has 0 heterocycles. The lowest BCUT2D eigenvalue weighted by atomic mass is 9.49. The first kappa shape index (κ1) is 29.9. The van der Waals surface area contributed by atoms with Crippen molar-refractivity contribution in [1.82, 2.24) is 5.32 Å². The molecule has 3 amide bonds. The highest BCUT2D eigenvalue weighted by Crippen LogP contribution is 2.59. The van der Waals surface area contributed by atoms with Crippen molar-refractivity contribution < 1.29 is 19.5 Å². The molecular formula is C36H47N3O4. The zero-order valence-corrected chi connectivity index (χ0v) is 26.1. The number of fused-ring (bicyclic) bond motifs is 6. The monoisotopic (exact) mass is 585 g/mol. The maximum atomic E-state index is 14.3. The van der Waals surface area contributed by atoms with Crippen LogP contribution >= 0.6 is 0 Å². The maximum Gasteiger partial charge on any atom is 0.238 e. The van der Waals surface area contributed by atoms with Gasteiger partial charge in [-0.05, 0) is 121 Å². The number of nitrogens with one attached hydrogen (secondary N) is 2. The number of anilines is 1. The third-order valence-electron chi connectivity index (χ3n) is 12.4. The van der Waals surface area contributed by atoms with Gasteiger partial charge in [-0.2, -0.15) is 0 Å². The molecule has 2 saturated carbocycles. The van der Waals surface area contributed by atoms with Crippen LogP contribution in [-0.4, -0.2) is 29.4 Å². The smallest absolute Gasteiger partial charge is 0.238 e. The molecule has 43 heavy (non-hydrogen) atoms. The van der Waals surface area contributed by atoms with Gasteiger partial charge < -0.3 is 16.2 Å². The number of imide groups is 1. The molecule has 2 aromatic rings. The number of aromatic hydroxyl groups is 1. The van der Waals surface area contributed by atoms with E-state index >= 15 is 0 Å². The van der Waals surface area contributed by atoms with Crippen molar-refractivity contribution in [2.45, 2.75) is 103 Å². The summed E-state index contributed by atoms with van der Waals surface area (Å²) in [4.78, 5) is 40.6. The number of phenols is 1. The van der Waals surface area contributed by atoms with Crippen molar-refractivity contribution in [2.24, 2.45) is 28.4 Å². The standard InChI is InChI=1S/C36H47N3O4/c1-33-15-5-17-35(3,28(33)13-9-22-7-11-24(19-26(22)33)38-30(41)21-37)31(42)39-32(43)36(4)18-6-16-34(2)27-20-25(40)12-8-23(27)10-14-29(34)36/h7-8,11-12,19-20,28-29,40H,5-6,9-10,13-18,21,37H2,1-4H3,(H,38,41)(H,39,42,43)/t28-,29-,33-,34-,35+,36+/m1/s1. The second-order valence-electron chi connectivity index (χ2n) is 14.8. The van der Waals surface area contributed by atoms with Gasteiger partial charge in [0.1, 0.15) is 5.75 Å². The van der Waals surface area contributed by atoms with E-state index in [9.17, 15) is 19.5 Å². The summed E-state index contributed by atoms with van der Waals surface area (Å²) in [7, 11) is 0. The number of carbonyl (C=O) groups is 3. The molecule has 230 valence electrons. The Morgan fingerprint density at radius 2 is 1.30 bits per heavy atom. The van der Waals surface area contributed by atoms with Crippen LogP contribution in [0, 0.1) is 22.7 Å². The third kappa shape index (κ3) is 4.61. The highest BCUT2D eigenvalue weighted by molar-refractivity contribution is 6.01. The van der Waals surface area contributed by atoms with E-state index in [0.717, 1.165) is 75.5 Å². The molecule has 2 aromatic carbocycles. The summed E-state index contributed by atoms with van der Waals surface area (Å²) < 4.78 is 0. The molecule has 6 atom stereocenters. The van der Waals surface area contributed by atoms with Crippen molar-refractivity contribution in [3.8, 4) is 5.75 Å². The zero-order valence-electron chi connectivity index (χ0n) is 26.1. The first-order valence-electron chi connectivity index (χ1n) is 16.2. The van der Waals surface area contributed by atoms with Crippen LogP contribution in [0.25, 0.3) is 0 Å². The van der Waals surface area contributed by atoms with Gasteiger partial charge in [-0.3, -0.25) is 19.7 Å². The molecule has 4 aliphatic rings. The van der Waals surface area contributed by atoms with Crippen molar-refractivity contribution >= 4 is 23.4 Å². The molecule has 0 spiro atoms. The number of hydrogen-bond donors (Lipinski definition) is 4. The van der Waals surface area contributed by atoms with Crippen LogP contribution in [0.1, 0.15) is 101 Å². The molecule has 2 fully saturated rings. The molecule has 4 aliphatic carbocycles. The molecule has 7 heteroatoms. The average molecular weight is 586 g/mol. The Morgan fingerprint density at radius 3 is 1.84 bits per heavy atom. The lowest BCUT2D eigenvalue weighted by molar-refractivity contribution is -0.150. The summed E-state index contributed by atoms with van der Waals surface area (Å²) in [6.07, 6.45) is 8.73. The molecule has 0 unspecified atom stereocenters. The normalized spacial score (nSPS) is 34.5. The first-order valence-corrected chi connectivity index (χ1v) is 16.2. The van der Waals surface area contributed by atoms with Gasteiger partial charge in [0.15, 0.2) is 0 Å². The molecule has 0 saturated heterocycles. The zero-order chi connectivity index (χ0) is 30.8. The van der Waals surface area contributed by atoms with Gasteiger partial charge in [0, 0.05) is 5.69 Å². The number of phenolic OH excluding ortho intramolecular Hbond substituents is 1.